The molecule has 0 saturated heterocycles. The van der Waals surface area contributed by atoms with E-state index in [1.807, 2.05) is 85.1 Å². The van der Waals surface area contributed by atoms with E-state index in [0.717, 1.165) is 11.1 Å². The van der Waals surface area contributed by atoms with Crippen molar-refractivity contribution in [2.75, 3.05) is 0 Å². The van der Waals surface area contributed by atoms with Crippen LogP contribution in [-0.4, -0.2) is 10.8 Å². The van der Waals surface area contributed by atoms with Crippen LogP contribution in [0.3, 0.4) is 0 Å². The van der Waals surface area contributed by atoms with E-state index < -0.39 is 0 Å². The Balaban J connectivity index is 0.000000170. The summed E-state index contributed by atoms with van der Waals surface area (Å²) in [5.41, 5.74) is 2.96. The minimum Gasteiger partial charge on any atom is -0.361 e. The number of para-hydroxylation sites is 1. The lowest BCUT2D eigenvalue weighted by Gasteiger charge is -1.94. The number of aromatic amines is 1. The summed E-state index contributed by atoms with van der Waals surface area (Å²) in [6, 6.07) is 29.3. The number of rotatable bonds is 3. The maximum absolute atomic E-state index is 11.7. The van der Waals surface area contributed by atoms with E-state index in [4.69, 9.17) is 0 Å². The Bertz CT molecular complexity index is 923. The molecule has 1 aromatic heterocycles. The number of benzene rings is 3. The first-order valence-corrected chi connectivity index (χ1v) is 8.17. The highest BCUT2D eigenvalue weighted by Crippen LogP contribution is 2.09. The molecular weight excluding hydrogens is 306 g/mol. The van der Waals surface area contributed by atoms with Crippen molar-refractivity contribution in [3.8, 4) is 0 Å². The predicted molar refractivity (Wildman–Crippen MR) is 105 cm³/mol. The molecule has 4 aromatic rings. The first-order valence-electron chi connectivity index (χ1n) is 8.17. The summed E-state index contributed by atoms with van der Waals surface area (Å²) in [6.45, 7) is 0. The molecule has 25 heavy (non-hydrogen) atoms. The van der Waals surface area contributed by atoms with Crippen molar-refractivity contribution >= 4 is 22.8 Å². The molecule has 0 atom stereocenters. The molecule has 3 aromatic carbocycles. The monoisotopic (exact) mass is 325 g/mol. The van der Waals surface area contributed by atoms with Crippen LogP contribution < -0.4 is 0 Å². The summed E-state index contributed by atoms with van der Waals surface area (Å²) in [7, 11) is 0. The summed E-state index contributed by atoms with van der Waals surface area (Å²) >= 11 is 0. The highest BCUT2D eigenvalue weighted by molar-refractivity contribution is 6.06. The lowest BCUT2D eigenvalue weighted by atomic mass is 10.1. The third-order valence-corrected chi connectivity index (χ3v) is 3.75. The second-order valence-corrected chi connectivity index (χ2v) is 5.54. The second kappa shape index (κ2) is 8.46. The number of H-pyrrole nitrogens is 1. The number of carbonyl (C=O) groups excluding carboxylic acids is 1. The fourth-order valence-corrected chi connectivity index (χ4v) is 2.43. The lowest BCUT2D eigenvalue weighted by Crippen LogP contribution is -1.92. The number of nitrogens with one attached hydrogen (secondary N) is 1. The Labute approximate surface area is 147 Å². The van der Waals surface area contributed by atoms with Crippen molar-refractivity contribution in [2.24, 2.45) is 0 Å². The molecule has 0 fully saturated rings. The third kappa shape index (κ3) is 4.79. The Morgan fingerprint density at radius 2 is 1.36 bits per heavy atom. The van der Waals surface area contributed by atoms with Gasteiger partial charge in [0, 0.05) is 17.3 Å². The summed E-state index contributed by atoms with van der Waals surface area (Å²) in [6.07, 6.45) is 5.38. The van der Waals surface area contributed by atoms with E-state index >= 15 is 0 Å². The number of ketones is 1. The number of hydrogen-bond acceptors (Lipinski definition) is 1. The third-order valence-electron chi connectivity index (χ3n) is 3.75. The zero-order chi connectivity index (χ0) is 17.3. The zero-order valence-electron chi connectivity index (χ0n) is 13.8. The van der Waals surface area contributed by atoms with E-state index in [9.17, 15) is 4.79 Å². The maximum Gasteiger partial charge on any atom is 0.185 e. The molecule has 2 nitrogen and oxygen atoms in total. The first-order chi connectivity index (χ1) is 12.3. The van der Waals surface area contributed by atoms with Gasteiger partial charge in [0.1, 0.15) is 0 Å². The number of fused-ring (bicyclic) bond motifs is 1. The van der Waals surface area contributed by atoms with Crippen LogP contribution in [0.5, 0.6) is 0 Å². The molecule has 0 bridgehead atoms. The molecule has 1 heterocycles. The van der Waals surface area contributed by atoms with Crippen molar-refractivity contribution < 1.29 is 4.79 Å². The van der Waals surface area contributed by atoms with Crippen molar-refractivity contribution in [3.63, 3.8) is 0 Å². The van der Waals surface area contributed by atoms with Gasteiger partial charge in [-0.3, -0.25) is 4.79 Å². The predicted octanol–water partition coefficient (Wildman–Crippen LogP) is 5.75. The Hall–Kier alpha value is -3.39. The van der Waals surface area contributed by atoms with Gasteiger partial charge in [0.2, 0.25) is 0 Å². The van der Waals surface area contributed by atoms with E-state index in [-0.39, 0.29) is 5.78 Å². The SMILES string of the molecule is O=C(C=Cc1ccccc1)c1ccccc1.c1ccc2[nH]ccc2c1. The molecule has 0 spiro atoms. The number of hydrogen-bond donors (Lipinski definition) is 1. The topological polar surface area (TPSA) is 32.9 Å². The van der Waals surface area contributed by atoms with Gasteiger partial charge in [-0.2, -0.15) is 0 Å². The molecule has 0 aliphatic carbocycles. The van der Waals surface area contributed by atoms with Gasteiger partial charge < -0.3 is 4.98 Å². The van der Waals surface area contributed by atoms with Gasteiger partial charge in [0.15, 0.2) is 5.78 Å². The normalized spacial score (nSPS) is 10.4. The van der Waals surface area contributed by atoms with Crippen LogP contribution in [0.25, 0.3) is 17.0 Å². The van der Waals surface area contributed by atoms with Crippen LogP contribution >= 0.6 is 0 Å². The van der Waals surface area contributed by atoms with Crippen LogP contribution in [0.2, 0.25) is 0 Å². The van der Waals surface area contributed by atoms with Crippen molar-refractivity contribution in [1.29, 1.82) is 0 Å². The second-order valence-electron chi connectivity index (χ2n) is 5.54. The van der Waals surface area contributed by atoms with Crippen LogP contribution in [0.1, 0.15) is 15.9 Å². The number of carbonyl (C=O) groups is 1. The molecule has 0 aliphatic heterocycles. The average Bonchev–Trinajstić information content (AvgIpc) is 3.17. The summed E-state index contributed by atoms with van der Waals surface area (Å²) in [5.74, 6) is 0.0319. The molecule has 1 N–H and O–H groups in total. The average molecular weight is 325 g/mol. The highest BCUT2D eigenvalue weighted by Gasteiger charge is 1.98. The molecule has 122 valence electrons. The van der Waals surface area contributed by atoms with Crippen LogP contribution in [0.15, 0.2) is 103 Å². The molecule has 0 unspecified atom stereocenters. The van der Waals surface area contributed by atoms with Crippen LogP contribution in [0.4, 0.5) is 0 Å². The lowest BCUT2D eigenvalue weighted by molar-refractivity contribution is 0.104. The molecule has 0 saturated carbocycles. The molecule has 0 radical (unpaired) electrons. The van der Waals surface area contributed by atoms with Gasteiger partial charge in [-0.05, 0) is 29.2 Å². The number of aromatic nitrogens is 1. The standard InChI is InChI=1S/C15H12O.C8H7N/c16-15(14-9-5-2-6-10-14)12-11-13-7-3-1-4-8-13;1-2-4-8-7(3-1)5-6-9-8/h1-12H;1-6,9H. The Morgan fingerprint density at radius 3 is 2.08 bits per heavy atom. The summed E-state index contributed by atoms with van der Waals surface area (Å²) in [4.78, 5) is 14.9. The molecular formula is C23H19NO. The van der Waals surface area contributed by atoms with Crippen LogP contribution in [-0.2, 0) is 0 Å². The summed E-state index contributed by atoms with van der Waals surface area (Å²) < 4.78 is 0. The molecule has 2 heteroatoms. The van der Waals surface area contributed by atoms with E-state index in [1.54, 1.807) is 6.08 Å². The van der Waals surface area contributed by atoms with Gasteiger partial charge in [-0.1, -0.05) is 84.9 Å². The fourth-order valence-electron chi connectivity index (χ4n) is 2.43. The van der Waals surface area contributed by atoms with Crippen molar-refractivity contribution in [2.45, 2.75) is 0 Å². The Morgan fingerprint density at radius 1 is 0.720 bits per heavy atom. The van der Waals surface area contributed by atoms with Crippen molar-refractivity contribution in [1.82, 2.24) is 4.98 Å². The van der Waals surface area contributed by atoms with Gasteiger partial charge in [-0.25, -0.2) is 0 Å². The van der Waals surface area contributed by atoms with Gasteiger partial charge in [0.25, 0.3) is 0 Å². The van der Waals surface area contributed by atoms with Gasteiger partial charge in [0.05, 0.1) is 0 Å². The van der Waals surface area contributed by atoms with E-state index in [1.165, 1.54) is 10.9 Å². The maximum atomic E-state index is 11.7. The Kier molecular flexibility index (Phi) is 5.57. The smallest absolute Gasteiger partial charge is 0.185 e. The minimum atomic E-state index is 0.0319. The van der Waals surface area contributed by atoms with Gasteiger partial charge >= 0.3 is 0 Å². The highest BCUT2D eigenvalue weighted by atomic mass is 16.1. The molecule has 4 rings (SSSR count). The molecule has 0 aliphatic rings. The van der Waals surface area contributed by atoms with Crippen LogP contribution in [0, 0.1) is 0 Å². The van der Waals surface area contributed by atoms with Gasteiger partial charge in [-0.15, -0.1) is 0 Å². The van der Waals surface area contributed by atoms with E-state index in [2.05, 4.69) is 23.2 Å². The zero-order valence-corrected chi connectivity index (χ0v) is 13.8. The quantitative estimate of drug-likeness (QED) is 0.377. The first kappa shape index (κ1) is 16.5. The fraction of sp³-hybridized carbons (Fsp3) is 0. The largest absolute Gasteiger partial charge is 0.361 e. The van der Waals surface area contributed by atoms with Crippen molar-refractivity contribution in [3.05, 3.63) is 114 Å². The number of allylic oxidation sites excluding steroid dienone is 1. The minimum absolute atomic E-state index is 0.0319. The molecule has 0 amide bonds. The summed E-state index contributed by atoms with van der Waals surface area (Å²) in [5, 5.41) is 1.28. The van der Waals surface area contributed by atoms with E-state index in [0.29, 0.717) is 0 Å².